The molecule has 0 saturated heterocycles. The predicted molar refractivity (Wildman–Crippen MR) is 62.6 cm³/mol. The van der Waals surface area contributed by atoms with Crippen LogP contribution >= 0.6 is 15.9 Å². The molecule has 0 N–H and O–H groups in total. The topological polar surface area (TPSA) is 4.93 Å². The lowest BCUT2D eigenvalue weighted by molar-refractivity contribution is 0.857. The molecule has 1 aliphatic carbocycles. The molecule has 1 saturated carbocycles. The minimum atomic E-state index is 0.825. The third kappa shape index (κ3) is 1.21. The van der Waals surface area contributed by atoms with Gasteiger partial charge in [0.15, 0.2) is 0 Å². The molecule has 1 aliphatic rings. The first-order valence-corrected chi connectivity index (χ1v) is 5.80. The molecule has 0 spiro atoms. The van der Waals surface area contributed by atoms with E-state index in [2.05, 4.69) is 51.8 Å². The zero-order valence-electron chi connectivity index (χ0n) is 8.13. The second-order valence-corrected chi connectivity index (χ2v) is 5.02. The van der Waals surface area contributed by atoms with Gasteiger partial charge in [0, 0.05) is 22.7 Å². The van der Waals surface area contributed by atoms with E-state index in [1.807, 2.05) is 0 Å². The van der Waals surface area contributed by atoms with E-state index in [1.165, 1.54) is 29.4 Å². The fourth-order valence-electron chi connectivity index (χ4n) is 2.10. The molecule has 72 valence electrons. The monoisotopic (exact) mass is 249 g/mol. The summed E-state index contributed by atoms with van der Waals surface area (Å²) in [5.41, 5.74) is 2.83. The van der Waals surface area contributed by atoms with Crippen LogP contribution in [0.5, 0.6) is 0 Å². The highest BCUT2D eigenvalue weighted by Gasteiger charge is 2.26. The van der Waals surface area contributed by atoms with Crippen molar-refractivity contribution in [2.75, 3.05) is 0 Å². The van der Waals surface area contributed by atoms with E-state index >= 15 is 0 Å². The molecule has 0 unspecified atom stereocenters. The molecule has 0 aliphatic heterocycles. The number of benzene rings is 1. The van der Waals surface area contributed by atoms with Gasteiger partial charge in [0.1, 0.15) is 0 Å². The molecule has 3 rings (SSSR count). The van der Waals surface area contributed by atoms with Gasteiger partial charge < -0.3 is 4.57 Å². The molecule has 2 heteroatoms. The summed E-state index contributed by atoms with van der Waals surface area (Å²) < 4.78 is 3.49. The lowest BCUT2D eigenvalue weighted by Crippen LogP contribution is -1.92. The smallest absolute Gasteiger partial charge is 0.0491 e. The van der Waals surface area contributed by atoms with Crippen molar-refractivity contribution in [3.05, 3.63) is 34.4 Å². The quantitative estimate of drug-likeness (QED) is 0.725. The van der Waals surface area contributed by atoms with E-state index < -0.39 is 0 Å². The van der Waals surface area contributed by atoms with E-state index in [9.17, 15) is 0 Å². The third-order valence-corrected chi connectivity index (χ3v) is 3.53. The zero-order chi connectivity index (χ0) is 9.71. The normalized spacial score (nSPS) is 16.4. The lowest BCUT2D eigenvalue weighted by atomic mass is 10.2. The van der Waals surface area contributed by atoms with Crippen molar-refractivity contribution >= 4 is 26.8 Å². The number of nitrogens with zero attached hydrogens (tertiary/aromatic N) is 1. The Bertz CT molecular complexity index is 494. The summed E-state index contributed by atoms with van der Waals surface area (Å²) in [6.07, 6.45) is 2.73. The summed E-state index contributed by atoms with van der Waals surface area (Å²) in [5, 5.41) is 1.36. The van der Waals surface area contributed by atoms with Gasteiger partial charge in [-0.25, -0.2) is 0 Å². The number of rotatable bonds is 1. The van der Waals surface area contributed by atoms with Crippen molar-refractivity contribution in [2.24, 2.45) is 7.05 Å². The van der Waals surface area contributed by atoms with Gasteiger partial charge in [0.2, 0.25) is 0 Å². The van der Waals surface area contributed by atoms with Gasteiger partial charge in [-0.15, -0.1) is 0 Å². The fraction of sp³-hybridized carbons (Fsp3) is 0.333. The number of hydrogen-bond donors (Lipinski definition) is 0. The van der Waals surface area contributed by atoms with Crippen LogP contribution in [0.25, 0.3) is 10.9 Å². The first-order chi connectivity index (χ1) is 6.75. The lowest BCUT2D eigenvalue weighted by Gasteiger charge is -2.01. The molecular formula is C12H12BrN. The maximum absolute atomic E-state index is 3.52. The number of halogens is 1. The summed E-state index contributed by atoms with van der Waals surface area (Å²) in [5.74, 6) is 0.825. The molecular weight excluding hydrogens is 238 g/mol. The Morgan fingerprint density at radius 2 is 2.07 bits per heavy atom. The van der Waals surface area contributed by atoms with Crippen LogP contribution in [-0.4, -0.2) is 4.57 Å². The molecule has 1 nitrogen and oxygen atoms in total. The number of aryl methyl sites for hydroxylation is 1. The highest BCUT2D eigenvalue weighted by Crippen LogP contribution is 2.42. The predicted octanol–water partition coefficient (Wildman–Crippen LogP) is 3.82. The summed E-state index contributed by atoms with van der Waals surface area (Å²) in [4.78, 5) is 0. The van der Waals surface area contributed by atoms with E-state index in [0.717, 1.165) is 10.4 Å². The Balaban J connectivity index is 2.29. The van der Waals surface area contributed by atoms with Crippen LogP contribution in [0, 0.1) is 0 Å². The molecule has 1 aromatic heterocycles. The Labute approximate surface area is 91.9 Å². The Morgan fingerprint density at radius 1 is 1.29 bits per heavy atom. The fourth-order valence-corrected chi connectivity index (χ4v) is 2.44. The van der Waals surface area contributed by atoms with E-state index in [-0.39, 0.29) is 0 Å². The second-order valence-electron chi connectivity index (χ2n) is 4.11. The van der Waals surface area contributed by atoms with Crippen molar-refractivity contribution < 1.29 is 0 Å². The summed E-state index contributed by atoms with van der Waals surface area (Å²) >= 11 is 3.52. The minimum Gasteiger partial charge on any atom is -0.347 e. The molecule has 0 bridgehead atoms. The van der Waals surface area contributed by atoms with Crippen LogP contribution in [0.3, 0.4) is 0 Å². The van der Waals surface area contributed by atoms with Crippen LogP contribution in [0.15, 0.2) is 28.7 Å². The van der Waals surface area contributed by atoms with Crippen molar-refractivity contribution in [2.45, 2.75) is 18.8 Å². The van der Waals surface area contributed by atoms with E-state index in [4.69, 9.17) is 0 Å². The zero-order valence-corrected chi connectivity index (χ0v) is 9.71. The Kier molecular flexibility index (Phi) is 1.75. The second kappa shape index (κ2) is 2.86. The summed E-state index contributed by atoms with van der Waals surface area (Å²) in [7, 11) is 2.17. The SMILES string of the molecule is Cn1c(C2CC2)cc2ccc(Br)cc21. The van der Waals surface area contributed by atoms with Gasteiger partial charge in [-0.3, -0.25) is 0 Å². The molecule has 0 atom stereocenters. The Hall–Kier alpha value is -0.760. The highest BCUT2D eigenvalue weighted by atomic mass is 79.9. The molecule has 1 fully saturated rings. The maximum Gasteiger partial charge on any atom is 0.0491 e. The van der Waals surface area contributed by atoms with Crippen LogP contribution in [0.1, 0.15) is 24.5 Å². The van der Waals surface area contributed by atoms with Gasteiger partial charge in [0.25, 0.3) is 0 Å². The maximum atomic E-state index is 3.52. The molecule has 14 heavy (non-hydrogen) atoms. The van der Waals surface area contributed by atoms with Crippen molar-refractivity contribution in [1.29, 1.82) is 0 Å². The van der Waals surface area contributed by atoms with Crippen LogP contribution in [0.2, 0.25) is 0 Å². The average molecular weight is 250 g/mol. The third-order valence-electron chi connectivity index (χ3n) is 3.04. The van der Waals surface area contributed by atoms with Gasteiger partial charge in [-0.2, -0.15) is 0 Å². The van der Waals surface area contributed by atoms with Crippen LogP contribution in [0.4, 0.5) is 0 Å². The van der Waals surface area contributed by atoms with Crippen molar-refractivity contribution in [3.63, 3.8) is 0 Å². The van der Waals surface area contributed by atoms with Crippen molar-refractivity contribution in [1.82, 2.24) is 4.57 Å². The molecule has 2 aromatic rings. The average Bonchev–Trinajstić information content (AvgIpc) is 2.95. The first kappa shape index (κ1) is 8.54. The highest BCUT2D eigenvalue weighted by molar-refractivity contribution is 9.10. The number of hydrogen-bond acceptors (Lipinski definition) is 0. The van der Waals surface area contributed by atoms with Crippen LogP contribution in [-0.2, 0) is 7.05 Å². The molecule has 0 amide bonds. The van der Waals surface area contributed by atoms with Gasteiger partial charge in [-0.05, 0) is 42.3 Å². The molecule has 0 radical (unpaired) electrons. The van der Waals surface area contributed by atoms with E-state index in [1.54, 1.807) is 0 Å². The summed E-state index contributed by atoms with van der Waals surface area (Å²) in [6.45, 7) is 0. The first-order valence-electron chi connectivity index (χ1n) is 5.00. The largest absolute Gasteiger partial charge is 0.347 e. The Morgan fingerprint density at radius 3 is 2.79 bits per heavy atom. The molecule has 1 aromatic carbocycles. The van der Waals surface area contributed by atoms with Gasteiger partial charge in [0.05, 0.1) is 0 Å². The van der Waals surface area contributed by atoms with Crippen LogP contribution < -0.4 is 0 Å². The number of aromatic nitrogens is 1. The standard InChI is InChI=1S/C12H12BrN/c1-14-11(8-2-3-8)6-9-4-5-10(13)7-12(9)14/h4-8H,2-3H2,1H3. The molecule has 1 heterocycles. The van der Waals surface area contributed by atoms with E-state index in [0.29, 0.717) is 0 Å². The van der Waals surface area contributed by atoms with Gasteiger partial charge in [-0.1, -0.05) is 22.0 Å². The summed E-state index contributed by atoms with van der Waals surface area (Å²) in [6, 6.07) is 8.82. The van der Waals surface area contributed by atoms with Gasteiger partial charge >= 0.3 is 0 Å². The minimum absolute atomic E-state index is 0.825. The number of fused-ring (bicyclic) bond motifs is 1. The van der Waals surface area contributed by atoms with Crippen molar-refractivity contribution in [3.8, 4) is 0 Å².